The summed E-state index contributed by atoms with van der Waals surface area (Å²) in [4.78, 5) is 0. The van der Waals surface area contributed by atoms with Gasteiger partial charge in [-0.05, 0) is 35.4 Å². The maximum Gasteiger partial charge on any atom is 0.137 e. The maximum absolute atomic E-state index is 12.8. The van der Waals surface area contributed by atoms with Gasteiger partial charge in [-0.15, -0.1) is 0 Å². The first-order chi connectivity index (χ1) is 8.61. The van der Waals surface area contributed by atoms with Gasteiger partial charge in [0.2, 0.25) is 0 Å². The minimum absolute atomic E-state index is 0.279. The summed E-state index contributed by atoms with van der Waals surface area (Å²) in [6.45, 7) is 0. The van der Waals surface area contributed by atoms with E-state index in [0.29, 0.717) is 10.8 Å². The molecule has 2 aromatic rings. The molecule has 18 heavy (non-hydrogen) atoms. The molecule has 0 spiro atoms. The van der Waals surface area contributed by atoms with E-state index in [1.165, 1.54) is 12.1 Å². The van der Waals surface area contributed by atoms with Crippen molar-refractivity contribution in [3.05, 3.63) is 64.4 Å². The first-order valence-corrected chi connectivity index (χ1v) is 5.84. The van der Waals surface area contributed by atoms with Crippen molar-refractivity contribution < 1.29 is 9.13 Å². The van der Waals surface area contributed by atoms with E-state index in [9.17, 15) is 4.39 Å². The number of methoxy groups -OCH3 is 1. The molecule has 0 heterocycles. The molecule has 2 N–H and O–H groups in total. The molecule has 0 aliphatic rings. The molecule has 94 valence electrons. The molecule has 0 saturated heterocycles. The highest BCUT2D eigenvalue weighted by atomic mass is 35.5. The fraction of sp³-hybridized carbons (Fsp3) is 0.143. The molecule has 1 unspecified atom stereocenters. The zero-order chi connectivity index (χ0) is 13.1. The molecule has 0 amide bonds. The number of rotatable bonds is 3. The van der Waals surface area contributed by atoms with Gasteiger partial charge in [-0.25, -0.2) is 4.39 Å². The van der Waals surface area contributed by atoms with E-state index < -0.39 is 0 Å². The molecular formula is C14H13ClFNO. The van der Waals surface area contributed by atoms with Crippen molar-refractivity contribution in [3.8, 4) is 5.75 Å². The first-order valence-electron chi connectivity index (χ1n) is 5.46. The molecule has 1 atom stereocenters. The highest BCUT2D eigenvalue weighted by molar-refractivity contribution is 6.32. The Morgan fingerprint density at radius 3 is 2.28 bits per heavy atom. The molecule has 0 fully saturated rings. The monoisotopic (exact) mass is 265 g/mol. The summed E-state index contributed by atoms with van der Waals surface area (Å²) in [5.74, 6) is 0.324. The summed E-state index contributed by atoms with van der Waals surface area (Å²) in [5.41, 5.74) is 7.79. The van der Waals surface area contributed by atoms with Gasteiger partial charge in [0.1, 0.15) is 11.6 Å². The number of benzene rings is 2. The van der Waals surface area contributed by atoms with Gasteiger partial charge in [-0.1, -0.05) is 29.8 Å². The van der Waals surface area contributed by atoms with Gasteiger partial charge in [0.15, 0.2) is 0 Å². The van der Waals surface area contributed by atoms with E-state index in [1.807, 2.05) is 6.07 Å². The smallest absolute Gasteiger partial charge is 0.137 e. The van der Waals surface area contributed by atoms with E-state index in [4.69, 9.17) is 22.1 Å². The molecule has 2 nitrogen and oxygen atoms in total. The van der Waals surface area contributed by atoms with Crippen LogP contribution in [0.15, 0.2) is 42.5 Å². The molecular weight excluding hydrogens is 253 g/mol. The highest BCUT2D eigenvalue weighted by Gasteiger charge is 2.11. The molecule has 0 bridgehead atoms. The fourth-order valence-electron chi connectivity index (χ4n) is 1.74. The van der Waals surface area contributed by atoms with Crippen molar-refractivity contribution >= 4 is 11.6 Å². The van der Waals surface area contributed by atoms with Crippen LogP contribution in [0, 0.1) is 5.82 Å². The fourth-order valence-corrected chi connectivity index (χ4v) is 2.00. The average Bonchev–Trinajstić information content (AvgIpc) is 2.38. The van der Waals surface area contributed by atoms with E-state index in [2.05, 4.69) is 0 Å². The normalized spacial score (nSPS) is 12.2. The lowest BCUT2D eigenvalue weighted by Crippen LogP contribution is -2.11. The summed E-state index contributed by atoms with van der Waals surface area (Å²) in [6.07, 6.45) is 0. The van der Waals surface area contributed by atoms with Crippen LogP contribution in [0.4, 0.5) is 4.39 Å². The molecule has 0 aliphatic carbocycles. The van der Waals surface area contributed by atoms with E-state index in [0.717, 1.165) is 11.1 Å². The van der Waals surface area contributed by atoms with Crippen molar-refractivity contribution in [1.82, 2.24) is 0 Å². The van der Waals surface area contributed by atoms with Crippen molar-refractivity contribution in [2.75, 3.05) is 7.11 Å². The zero-order valence-corrected chi connectivity index (χ0v) is 10.6. The highest BCUT2D eigenvalue weighted by Crippen LogP contribution is 2.29. The van der Waals surface area contributed by atoms with Gasteiger partial charge < -0.3 is 10.5 Å². The second kappa shape index (κ2) is 5.38. The molecule has 2 rings (SSSR count). The number of halogens is 2. The predicted molar refractivity (Wildman–Crippen MR) is 70.4 cm³/mol. The van der Waals surface area contributed by atoms with E-state index in [1.54, 1.807) is 31.4 Å². The lowest BCUT2D eigenvalue weighted by Gasteiger charge is -2.14. The number of hydrogen-bond donors (Lipinski definition) is 1. The zero-order valence-electron chi connectivity index (χ0n) is 9.86. The second-order valence-corrected chi connectivity index (χ2v) is 4.33. The van der Waals surface area contributed by atoms with Crippen molar-refractivity contribution in [1.29, 1.82) is 0 Å². The Morgan fingerprint density at radius 1 is 1.11 bits per heavy atom. The largest absolute Gasteiger partial charge is 0.495 e. The van der Waals surface area contributed by atoms with Crippen LogP contribution in [-0.4, -0.2) is 7.11 Å². The molecule has 2 aromatic carbocycles. The molecule has 0 saturated carbocycles. The van der Waals surface area contributed by atoms with Crippen molar-refractivity contribution in [2.24, 2.45) is 5.73 Å². The van der Waals surface area contributed by atoms with Gasteiger partial charge in [-0.2, -0.15) is 0 Å². The molecule has 0 aromatic heterocycles. The predicted octanol–water partition coefficient (Wildman–Crippen LogP) is 3.54. The third-order valence-corrected chi connectivity index (χ3v) is 3.06. The lowest BCUT2D eigenvalue weighted by atomic mass is 9.99. The Morgan fingerprint density at radius 2 is 1.72 bits per heavy atom. The maximum atomic E-state index is 12.8. The lowest BCUT2D eigenvalue weighted by molar-refractivity contribution is 0.415. The van der Waals surface area contributed by atoms with Crippen LogP contribution in [0.25, 0.3) is 0 Å². The van der Waals surface area contributed by atoms with Crippen LogP contribution in [0.5, 0.6) is 5.75 Å². The Kier molecular flexibility index (Phi) is 3.84. The van der Waals surface area contributed by atoms with Crippen molar-refractivity contribution in [3.63, 3.8) is 0 Å². The van der Waals surface area contributed by atoms with Crippen molar-refractivity contribution in [2.45, 2.75) is 6.04 Å². The van der Waals surface area contributed by atoms with Crippen LogP contribution < -0.4 is 10.5 Å². The van der Waals surface area contributed by atoms with Crippen LogP contribution in [0.3, 0.4) is 0 Å². The van der Waals surface area contributed by atoms with Crippen LogP contribution >= 0.6 is 11.6 Å². The van der Waals surface area contributed by atoms with Crippen LogP contribution in [0.2, 0.25) is 5.02 Å². The topological polar surface area (TPSA) is 35.2 Å². The SMILES string of the molecule is COc1ccc(C(N)c2ccc(F)cc2)cc1Cl. The summed E-state index contributed by atoms with van der Waals surface area (Å²) in [5, 5.41) is 0.507. The number of nitrogens with two attached hydrogens (primary N) is 1. The van der Waals surface area contributed by atoms with Gasteiger partial charge in [0.05, 0.1) is 18.2 Å². The van der Waals surface area contributed by atoms with Crippen LogP contribution in [-0.2, 0) is 0 Å². The van der Waals surface area contributed by atoms with Gasteiger partial charge in [-0.3, -0.25) is 0 Å². The Labute approximate surface area is 110 Å². The Hall–Kier alpha value is -1.58. The van der Waals surface area contributed by atoms with Gasteiger partial charge in [0.25, 0.3) is 0 Å². The molecule has 4 heteroatoms. The summed E-state index contributed by atoms with van der Waals surface area (Å²) in [6, 6.07) is 11.1. The van der Waals surface area contributed by atoms with Crippen LogP contribution in [0.1, 0.15) is 17.2 Å². The molecule has 0 radical (unpaired) electrons. The summed E-state index contributed by atoms with van der Waals surface area (Å²) >= 11 is 6.05. The quantitative estimate of drug-likeness (QED) is 0.921. The summed E-state index contributed by atoms with van der Waals surface area (Å²) < 4.78 is 17.9. The minimum atomic E-state index is -0.339. The summed E-state index contributed by atoms with van der Waals surface area (Å²) in [7, 11) is 1.56. The number of ether oxygens (including phenoxy) is 1. The van der Waals surface area contributed by atoms with E-state index in [-0.39, 0.29) is 11.9 Å². The Bertz CT molecular complexity index is 542. The average molecular weight is 266 g/mol. The standard InChI is InChI=1S/C14H13ClFNO/c1-18-13-7-4-10(8-12(13)15)14(17)9-2-5-11(16)6-3-9/h2-8,14H,17H2,1H3. The first kappa shape index (κ1) is 12.9. The third-order valence-electron chi connectivity index (χ3n) is 2.76. The third kappa shape index (κ3) is 2.63. The second-order valence-electron chi connectivity index (χ2n) is 3.92. The minimum Gasteiger partial charge on any atom is -0.495 e. The number of hydrogen-bond acceptors (Lipinski definition) is 2. The van der Waals surface area contributed by atoms with Gasteiger partial charge >= 0.3 is 0 Å². The molecule has 0 aliphatic heterocycles. The Balaban J connectivity index is 2.31. The van der Waals surface area contributed by atoms with Gasteiger partial charge in [0, 0.05) is 0 Å². The van der Waals surface area contributed by atoms with E-state index >= 15 is 0 Å².